The maximum atomic E-state index is 5.50. The van der Waals surface area contributed by atoms with Crippen molar-refractivity contribution >= 4 is 11.3 Å². The van der Waals surface area contributed by atoms with Gasteiger partial charge >= 0.3 is 0 Å². The molecule has 1 rings (SSSR count). The molecule has 1 heterocycles. The Labute approximate surface area is 88.5 Å². The predicted molar refractivity (Wildman–Crippen MR) is 58.3 cm³/mol. The van der Waals surface area contributed by atoms with Gasteiger partial charge in [0, 0.05) is 25.6 Å². The van der Waals surface area contributed by atoms with Gasteiger partial charge in [-0.15, -0.1) is 11.3 Å². The van der Waals surface area contributed by atoms with Crippen molar-refractivity contribution in [3.05, 3.63) is 16.6 Å². The standard InChI is InChI=1S/C9H17N3OS/c1-13-9(4-10)2-3-11-5-8-6-14-7-12-8/h6-7,9,11H,2-5,10H2,1H3. The number of nitrogens with zero attached hydrogens (tertiary/aromatic N) is 1. The van der Waals surface area contributed by atoms with Gasteiger partial charge in [0.1, 0.15) is 0 Å². The molecule has 0 fully saturated rings. The van der Waals surface area contributed by atoms with Crippen LogP contribution < -0.4 is 11.1 Å². The fourth-order valence-electron chi connectivity index (χ4n) is 1.14. The molecule has 0 aliphatic carbocycles. The second kappa shape index (κ2) is 6.89. The monoisotopic (exact) mass is 215 g/mol. The van der Waals surface area contributed by atoms with Crippen LogP contribution >= 0.6 is 11.3 Å². The van der Waals surface area contributed by atoms with Gasteiger partial charge in [-0.3, -0.25) is 0 Å². The Morgan fingerprint density at radius 1 is 1.71 bits per heavy atom. The summed E-state index contributed by atoms with van der Waals surface area (Å²) >= 11 is 1.62. The Morgan fingerprint density at radius 3 is 3.14 bits per heavy atom. The number of nitrogens with one attached hydrogen (secondary N) is 1. The third-order valence-corrected chi connectivity index (χ3v) is 2.66. The quantitative estimate of drug-likeness (QED) is 0.654. The molecule has 1 aromatic rings. The van der Waals surface area contributed by atoms with Crippen LogP contribution in [-0.2, 0) is 11.3 Å². The van der Waals surface area contributed by atoms with Crippen molar-refractivity contribution in [3.63, 3.8) is 0 Å². The van der Waals surface area contributed by atoms with E-state index in [0.29, 0.717) is 6.54 Å². The number of aromatic nitrogens is 1. The number of methoxy groups -OCH3 is 1. The lowest BCUT2D eigenvalue weighted by Crippen LogP contribution is -2.27. The van der Waals surface area contributed by atoms with Crippen molar-refractivity contribution in [1.82, 2.24) is 10.3 Å². The van der Waals surface area contributed by atoms with E-state index in [4.69, 9.17) is 10.5 Å². The molecular formula is C9H17N3OS. The van der Waals surface area contributed by atoms with Crippen LogP contribution in [0.1, 0.15) is 12.1 Å². The molecule has 0 spiro atoms. The maximum Gasteiger partial charge on any atom is 0.0795 e. The first kappa shape index (κ1) is 11.6. The molecular weight excluding hydrogens is 198 g/mol. The summed E-state index contributed by atoms with van der Waals surface area (Å²) in [6.07, 6.45) is 1.11. The second-order valence-corrected chi connectivity index (χ2v) is 3.76. The predicted octanol–water partition coefficient (Wildman–Crippen LogP) is 0.596. The van der Waals surface area contributed by atoms with Crippen LogP contribution in [0.15, 0.2) is 10.9 Å². The topological polar surface area (TPSA) is 60.2 Å². The van der Waals surface area contributed by atoms with E-state index in [1.807, 2.05) is 10.9 Å². The van der Waals surface area contributed by atoms with Crippen LogP contribution in [0.25, 0.3) is 0 Å². The Kier molecular flexibility index (Phi) is 5.70. The Morgan fingerprint density at radius 2 is 2.57 bits per heavy atom. The largest absolute Gasteiger partial charge is 0.380 e. The summed E-state index contributed by atoms with van der Waals surface area (Å²) in [5.74, 6) is 0. The van der Waals surface area contributed by atoms with Gasteiger partial charge in [-0.1, -0.05) is 0 Å². The number of nitrogens with two attached hydrogens (primary N) is 1. The zero-order chi connectivity index (χ0) is 10.2. The van der Waals surface area contributed by atoms with E-state index in [9.17, 15) is 0 Å². The van der Waals surface area contributed by atoms with Gasteiger partial charge in [0.05, 0.1) is 17.3 Å². The number of hydrogen-bond donors (Lipinski definition) is 2. The highest BCUT2D eigenvalue weighted by atomic mass is 32.1. The van der Waals surface area contributed by atoms with Gasteiger partial charge in [-0.25, -0.2) is 4.98 Å². The molecule has 14 heavy (non-hydrogen) atoms. The Hall–Kier alpha value is -0.490. The second-order valence-electron chi connectivity index (χ2n) is 3.04. The number of hydrogen-bond acceptors (Lipinski definition) is 5. The molecule has 0 radical (unpaired) electrons. The molecule has 5 heteroatoms. The maximum absolute atomic E-state index is 5.50. The molecule has 1 unspecified atom stereocenters. The van der Waals surface area contributed by atoms with Gasteiger partial charge in [0.25, 0.3) is 0 Å². The lowest BCUT2D eigenvalue weighted by atomic mass is 10.2. The summed E-state index contributed by atoms with van der Waals surface area (Å²) < 4.78 is 5.16. The van der Waals surface area contributed by atoms with Crippen molar-refractivity contribution in [2.24, 2.45) is 5.73 Å². The lowest BCUT2D eigenvalue weighted by Gasteiger charge is -2.12. The molecule has 0 amide bonds. The van der Waals surface area contributed by atoms with E-state index in [0.717, 1.165) is 25.2 Å². The molecule has 0 aliphatic heterocycles. The summed E-state index contributed by atoms with van der Waals surface area (Å²) in [7, 11) is 1.69. The van der Waals surface area contributed by atoms with Gasteiger partial charge in [-0.05, 0) is 13.0 Å². The minimum Gasteiger partial charge on any atom is -0.380 e. The first-order valence-corrected chi connectivity index (χ1v) is 5.61. The fraction of sp³-hybridized carbons (Fsp3) is 0.667. The highest BCUT2D eigenvalue weighted by Gasteiger charge is 2.03. The Bertz CT molecular complexity index is 224. The SMILES string of the molecule is COC(CN)CCNCc1cscn1. The van der Waals surface area contributed by atoms with E-state index in [1.165, 1.54) is 0 Å². The van der Waals surface area contributed by atoms with Crippen LogP contribution in [0.4, 0.5) is 0 Å². The summed E-state index contributed by atoms with van der Waals surface area (Å²) in [4.78, 5) is 4.17. The van der Waals surface area contributed by atoms with E-state index in [-0.39, 0.29) is 6.10 Å². The summed E-state index contributed by atoms with van der Waals surface area (Å²) in [5.41, 5.74) is 8.43. The molecule has 0 aromatic carbocycles. The van der Waals surface area contributed by atoms with Gasteiger partial charge < -0.3 is 15.8 Å². The fourth-order valence-corrected chi connectivity index (χ4v) is 1.69. The lowest BCUT2D eigenvalue weighted by molar-refractivity contribution is 0.102. The first-order valence-electron chi connectivity index (χ1n) is 4.67. The smallest absolute Gasteiger partial charge is 0.0795 e. The van der Waals surface area contributed by atoms with E-state index in [2.05, 4.69) is 10.3 Å². The number of thiazole rings is 1. The van der Waals surface area contributed by atoms with Crippen LogP contribution in [0, 0.1) is 0 Å². The zero-order valence-electron chi connectivity index (χ0n) is 8.40. The molecule has 3 N–H and O–H groups in total. The highest BCUT2D eigenvalue weighted by Crippen LogP contribution is 2.00. The van der Waals surface area contributed by atoms with Crippen molar-refractivity contribution in [2.45, 2.75) is 19.1 Å². The van der Waals surface area contributed by atoms with Gasteiger partial charge in [0.15, 0.2) is 0 Å². The average Bonchev–Trinajstić information content (AvgIpc) is 2.71. The van der Waals surface area contributed by atoms with Crippen LogP contribution in [0.2, 0.25) is 0 Å². The van der Waals surface area contributed by atoms with E-state index >= 15 is 0 Å². The molecule has 80 valence electrons. The number of ether oxygens (including phenoxy) is 1. The molecule has 4 nitrogen and oxygen atoms in total. The van der Waals surface area contributed by atoms with Crippen molar-refractivity contribution in [3.8, 4) is 0 Å². The van der Waals surface area contributed by atoms with Crippen molar-refractivity contribution < 1.29 is 4.74 Å². The molecule has 0 bridgehead atoms. The van der Waals surface area contributed by atoms with Crippen LogP contribution in [-0.4, -0.2) is 31.3 Å². The van der Waals surface area contributed by atoms with E-state index < -0.39 is 0 Å². The minimum atomic E-state index is 0.165. The molecule has 0 saturated heterocycles. The highest BCUT2D eigenvalue weighted by molar-refractivity contribution is 7.07. The van der Waals surface area contributed by atoms with Crippen LogP contribution in [0.5, 0.6) is 0 Å². The van der Waals surface area contributed by atoms with Gasteiger partial charge in [-0.2, -0.15) is 0 Å². The zero-order valence-corrected chi connectivity index (χ0v) is 9.22. The summed E-state index contributed by atoms with van der Waals surface area (Å²) in [6.45, 7) is 2.31. The minimum absolute atomic E-state index is 0.165. The van der Waals surface area contributed by atoms with Gasteiger partial charge in [0.2, 0.25) is 0 Å². The first-order chi connectivity index (χ1) is 6.86. The molecule has 0 saturated carbocycles. The Balaban J connectivity index is 2.04. The average molecular weight is 215 g/mol. The molecule has 1 atom stereocenters. The summed E-state index contributed by atoms with van der Waals surface area (Å²) in [5, 5.41) is 5.34. The van der Waals surface area contributed by atoms with E-state index in [1.54, 1.807) is 18.4 Å². The van der Waals surface area contributed by atoms with Crippen LogP contribution in [0.3, 0.4) is 0 Å². The summed E-state index contributed by atoms with van der Waals surface area (Å²) in [6, 6.07) is 0. The normalized spacial score (nSPS) is 13.0. The molecule has 1 aromatic heterocycles. The van der Waals surface area contributed by atoms with Crippen molar-refractivity contribution in [2.75, 3.05) is 20.2 Å². The number of rotatable bonds is 7. The molecule has 0 aliphatic rings. The van der Waals surface area contributed by atoms with Crippen molar-refractivity contribution in [1.29, 1.82) is 0 Å². The third kappa shape index (κ3) is 4.15. The third-order valence-electron chi connectivity index (χ3n) is 2.03.